The number of allylic oxidation sites excluding steroid dienone is 2. The number of phenolic OH excluding ortho intramolecular Hbond substituents is 1. The quantitative estimate of drug-likeness (QED) is 0.751. The van der Waals surface area contributed by atoms with Crippen molar-refractivity contribution in [2.45, 2.75) is 32.6 Å². The Morgan fingerprint density at radius 3 is 2.32 bits per heavy atom. The topological polar surface area (TPSA) is 29.5 Å². The van der Waals surface area contributed by atoms with E-state index >= 15 is 0 Å². The maximum absolute atomic E-state index is 9.31. The Kier molecular flexibility index (Phi) is 6.08. The molecule has 0 spiro atoms. The lowest BCUT2D eigenvalue weighted by molar-refractivity contribution is 0.410. The smallest absolute Gasteiger partial charge is 0.122 e. The average molecular weight is 296 g/mol. The van der Waals surface area contributed by atoms with Gasteiger partial charge in [-0.1, -0.05) is 43.3 Å². The molecule has 0 atom stereocenters. The van der Waals surface area contributed by atoms with Crippen molar-refractivity contribution in [1.29, 1.82) is 0 Å². The van der Waals surface area contributed by atoms with Gasteiger partial charge in [-0.25, -0.2) is 0 Å². The minimum absolute atomic E-state index is 0.315. The Hall–Kier alpha value is -2.22. The van der Waals surface area contributed by atoms with E-state index in [1.165, 1.54) is 16.7 Å². The lowest BCUT2D eigenvalue weighted by Crippen LogP contribution is -1.96. The maximum atomic E-state index is 9.31. The van der Waals surface area contributed by atoms with Crippen molar-refractivity contribution in [3.8, 4) is 11.5 Å². The predicted molar refractivity (Wildman–Crippen MR) is 91.6 cm³/mol. The van der Waals surface area contributed by atoms with Crippen LogP contribution in [-0.2, 0) is 19.3 Å². The molecule has 0 bridgehead atoms. The van der Waals surface area contributed by atoms with Gasteiger partial charge in [0.25, 0.3) is 0 Å². The van der Waals surface area contributed by atoms with Crippen LogP contribution in [0.25, 0.3) is 0 Å². The molecule has 0 aliphatic rings. The van der Waals surface area contributed by atoms with Gasteiger partial charge < -0.3 is 9.84 Å². The first-order chi connectivity index (χ1) is 10.7. The number of benzene rings is 2. The largest absolute Gasteiger partial charge is 0.508 e. The molecule has 0 aliphatic heterocycles. The molecule has 2 heteroatoms. The fourth-order valence-electron chi connectivity index (χ4n) is 2.44. The number of hydrogen-bond acceptors (Lipinski definition) is 2. The summed E-state index contributed by atoms with van der Waals surface area (Å²) in [6.45, 7) is 2.14. The summed E-state index contributed by atoms with van der Waals surface area (Å²) < 4.78 is 5.52. The molecule has 0 saturated heterocycles. The molecule has 2 aromatic carbocycles. The van der Waals surface area contributed by atoms with E-state index in [9.17, 15) is 5.11 Å². The maximum Gasteiger partial charge on any atom is 0.122 e. The van der Waals surface area contributed by atoms with Gasteiger partial charge in [0.2, 0.25) is 0 Å². The summed E-state index contributed by atoms with van der Waals surface area (Å²) in [6, 6.07) is 13.9. The van der Waals surface area contributed by atoms with Gasteiger partial charge in [0.15, 0.2) is 0 Å². The summed E-state index contributed by atoms with van der Waals surface area (Å²) in [5.41, 5.74) is 3.72. The van der Waals surface area contributed by atoms with Crippen LogP contribution in [-0.4, -0.2) is 12.2 Å². The van der Waals surface area contributed by atoms with Crippen molar-refractivity contribution in [2.24, 2.45) is 0 Å². The summed E-state index contributed by atoms with van der Waals surface area (Å²) in [7, 11) is 1.73. The van der Waals surface area contributed by atoms with Gasteiger partial charge in [0, 0.05) is 0 Å². The lowest BCUT2D eigenvalue weighted by Gasteiger charge is -2.10. The van der Waals surface area contributed by atoms with Crippen molar-refractivity contribution in [3.05, 3.63) is 71.3 Å². The summed E-state index contributed by atoms with van der Waals surface area (Å²) in [6.07, 6.45) is 8.26. The van der Waals surface area contributed by atoms with Gasteiger partial charge >= 0.3 is 0 Å². The normalized spacial score (nSPS) is 11.0. The summed E-state index contributed by atoms with van der Waals surface area (Å²) in [4.78, 5) is 0. The molecule has 0 aromatic heterocycles. The van der Waals surface area contributed by atoms with Gasteiger partial charge in [-0.05, 0) is 60.6 Å². The van der Waals surface area contributed by atoms with Crippen molar-refractivity contribution >= 4 is 0 Å². The van der Waals surface area contributed by atoms with Crippen LogP contribution in [0.4, 0.5) is 0 Å². The molecule has 1 N–H and O–H groups in total. The minimum Gasteiger partial charge on any atom is -0.508 e. The standard InChI is InChI=1S/C20H24O2/c1-3-4-5-6-18-12-9-17(15-20(18)22-2)8-7-16-10-13-19(21)14-11-16/h4-5,9-15,21H,3,6-8H2,1-2H3/b5-4+. The van der Waals surface area contributed by atoms with E-state index in [-0.39, 0.29) is 0 Å². The zero-order valence-electron chi connectivity index (χ0n) is 13.4. The van der Waals surface area contributed by atoms with E-state index in [1.807, 2.05) is 12.1 Å². The Labute approximate surface area is 133 Å². The monoisotopic (exact) mass is 296 g/mol. The number of hydrogen-bond donors (Lipinski definition) is 1. The van der Waals surface area contributed by atoms with E-state index in [2.05, 4.69) is 37.3 Å². The zero-order chi connectivity index (χ0) is 15.8. The van der Waals surface area contributed by atoms with Crippen molar-refractivity contribution in [3.63, 3.8) is 0 Å². The molecule has 0 radical (unpaired) electrons. The SMILES string of the molecule is CC/C=C/Cc1ccc(CCc2ccc(O)cc2)cc1OC. The van der Waals surface area contributed by atoms with Crippen LogP contribution in [0.5, 0.6) is 11.5 Å². The Balaban J connectivity index is 2.02. The van der Waals surface area contributed by atoms with Gasteiger partial charge in [-0.15, -0.1) is 0 Å². The second kappa shape index (κ2) is 8.28. The molecule has 22 heavy (non-hydrogen) atoms. The number of aryl methyl sites for hydroxylation is 2. The highest BCUT2D eigenvalue weighted by Crippen LogP contribution is 2.22. The molecule has 0 unspecified atom stereocenters. The predicted octanol–water partition coefficient (Wildman–Crippen LogP) is 4.69. The first kappa shape index (κ1) is 16.2. The van der Waals surface area contributed by atoms with Gasteiger partial charge in [-0.2, -0.15) is 0 Å². The van der Waals surface area contributed by atoms with E-state index in [4.69, 9.17) is 4.74 Å². The average Bonchev–Trinajstić information content (AvgIpc) is 2.55. The summed E-state index contributed by atoms with van der Waals surface area (Å²) >= 11 is 0. The van der Waals surface area contributed by atoms with Crippen LogP contribution in [0.2, 0.25) is 0 Å². The first-order valence-corrected chi connectivity index (χ1v) is 7.81. The third-order valence-electron chi connectivity index (χ3n) is 3.73. The van der Waals surface area contributed by atoms with Crippen molar-refractivity contribution in [1.82, 2.24) is 0 Å². The van der Waals surface area contributed by atoms with E-state index in [1.54, 1.807) is 19.2 Å². The van der Waals surface area contributed by atoms with Gasteiger partial charge in [-0.3, -0.25) is 0 Å². The fourth-order valence-corrected chi connectivity index (χ4v) is 2.44. The molecule has 116 valence electrons. The second-order valence-corrected chi connectivity index (χ2v) is 5.40. The molecule has 0 aliphatic carbocycles. The van der Waals surface area contributed by atoms with E-state index in [0.29, 0.717) is 5.75 Å². The van der Waals surface area contributed by atoms with Crippen LogP contribution < -0.4 is 4.74 Å². The second-order valence-electron chi connectivity index (χ2n) is 5.40. The molecule has 2 aromatic rings. The number of phenols is 1. The number of ether oxygens (including phenoxy) is 1. The number of aromatic hydroxyl groups is 1. The molecule has 0 fully saturated rings. The van der Waals surface area contributed by atoms with Gasteiger partial charge in [0.05, 0.1) is 7.11 Å². The zero-order valence-corrected chi connectivity index (χ0v) is 13.4. The molecule has 0 saturated carbocycles. The molecule has 2 rings (SSSR count). The summed E-state index contributed by atoms with van der Waals surface area (Å²) in [5, 5.41) is 9.31. The van der Waals surface area contributed by atoms with Crippen LogP contribution in [0.3, 0.4) is 0 Å². The molecular formula is C20H24O2. The third kappa shape index (κ3) is 4.66. The van der Waals surface area contributed by atoms with Crippen LogP contribution >= 0.6 is 0 Å². The van der Waals surface area contributed by atoms with Crippen LogP contribution in [0.1, 0.15) is 30.0 Å². The minimum atomic E-state index is 0.315. The number of methoxy groups -OCH3 is 1. The molecule has 2 nitrogen and oxygen atoms in total. The van der Waals surface area contributed by atoms with Gasteiger partial charge in [0.1, 0.15) is 11.5 Å². The van der Waals surface area contributed by atoms with Crippen LogP contribution in [0.15, 0.2) is 54.6 Å². The van der Waals surface area contributed by atoms with Crippen molar-refractivity contribution < 1.29 is 9.84 Å². The van der Waals surface area contributed by atoms with Crippen LogP contribution in [0, 0.1) is 0 Å². The Bertz CT molecular complexity index is 612. The number of rotatable bonds is 7. The molecule has 0 heterocycles. The van der Waals surface area contributed by atoms with E-state index in [0.717, 1.165) is 31.4 Å². The van der Waals surface area contributed by atoms with Crippen molar-refractivity contribution in [2.75, 3.05) is 7.11 Å². The fraction of sp³-hybridized carbons (Fsp3) is 0.300. The highest BCUT2D eigenvalue weighted by Gasteiger charge is 2.04. The highest BCUT2D eigenvalue weighted by molar-refractivity contribution is 5.39. The Morgan fingerprint density at radius 2 is 1.64 bits per heavy atom. The lowest BCUT2D eigenvalue weighted by atomic mass is 10.0. The molecule has 0 amide bonds. The first-order valence-electron chi connectivity index (χ1n) is 7.81. The summed E-state index contributed by atoms with van der Waals surface area (Å²) in [5.74, 6) is 1.28. The third-order valence-corrected chi connectivity index (χ3v) is 3.73. The van der Waals surface area contributed by atoms with E-state index < -0.39 is 0 Å². The molecular weight excluding hydrogens is 272 g/mol. The highest BCUT2D eigenvalue weighted by atomic mass is 16.5. The Morgan fingerprint density at radius 1 is 0.955 bits per heavy atom.